The maximum absolute atomic E-state index is 12.9. The highest BCUT2D eigenvalue weighted by Gasteiger charge is 2.75. The van der Waals surface area contributed by atoms with E-state index in [0.29, 0.717) is 22.7 Å². The Bertz CT molecular complexity index is 781. The largest absolute Gasteiger partial charge is 0.389 e. The first-order valence-corrected chi connectivity index (χ1v) is 13.6. The van der Waals surface area contributed by atoms with Crippen molar-refractivity contribution < 1.29 is 5.11 Å². The Kier molecular flexibility index (Phi) is 4.66. The van der Waals surface area contributed by atoms with Crippen LogP contribution in [0.25, 0.3) is 0 Å². The Labute approximate surface area is 192 Å². The fourth-order valence-electron chi connectivity index (χ4n) is 11.5. The normalized spacial score (nSPS) is 57.9. The van der Waals surface area contributed by atoms with Gasteiger partial charge in [0, 0.05) is 10.8 Å². The molecule has 0 aliphatic heterocycles. The summed E-state index contributed by atoms with van der Waals surface area (Å²) < 4.78 is 0. The molecule has 0 aromatic rings. The zero-order valence-electron chi connectivity index (χ0n) is 21.7. The highest BCUT2D eigenvalue weighted by Crippen LogP contribution is 2.78. The van der Waals surface area contributed by atoms with Gasteiger partial charge in [-0.05, 0) is 111 Å². The van der Waals surface area contributed by atoms with Crippen LogP contribution in [0.15, 0.2) is 12.2 Å². The molecule has 0 bridgehead atoms. The van der Waals surface area contributed by atoms with Gasteiger partial charge in [0.1, 0.15) is 0 Å². The molecule has 5 rings (SSSR count). The van der Waals surface area contributed by atoms with Crippen molar-refractivity contribution in [1.29, 1.82) is 0 Å². The van der Waals surface area contributed by atoms with Gasteiger partial charge < -0.3 is 5.11 Å². The van der Waals surface area contributed by atoms with Gasteiger partial charge in [0.25, 0.3) is 0 Å². The van der Waals surface area contributed by atoms with E-state index in [9.17, 15) is 5.11 Å². The lowest BCUT2D eigenvalue weighted by Gasteiger charge is -2.75. The lowest BCUT2D eigenvalue weighted by atomic mass is 9.31. The van der Waals surface area contributed by atoms with E-state index in [2.05, 4.69) is 55.0 Å². The average Bonchev–Trinajstić information content (AvgIpc) is 3.02. The quantitative estimate of drug-likeness (QED) is 0.419. The minimum atomic E-state index is -0.517. The summed E-state index contributed by atoms with van der Waals surface area (Å²) in [4.78, 5) is 0. The van der Waals surface area contributed by atoms with E-state index in [4.69, 9.17) is 0 Å². The summed E-state index contributed by atoms with van der Waals surface area (Å²) in [5.74, 6) is 2.89. The van der Waals surface area contributed by atoms with Crippen LogP contribution in [0.2, 0.25) is 0 Å². The van der Waals surface area contributed by atoms with Gasteiger partial charge in [-0.1, -0.05) is 60.1 Å². The van der Waals surface area contributed by atoms with Gasteiger partial charge in [0.05, 0.1) is 5.60 Å². The predicted octanol–water partition coefficient (Wildman–Crippen LogP) is 8.17. The van der Waals surface area contributed by atoms with Crippen molar-refractivity contribution in [2.24, 2.45) is 50.7 Å². The lowest BCUT2D eigenvalue weighted by Crippen LogP contribution is -2.74. The Morgan fingerprint density at radius 2 is 1.48 bits per heavy atom. The molecule has 0 spiro atoms. The number of rotatable bonds is 1. The molecule has 5 aliphatic rings. The molecule has 0 heterocycles. The fourth-order valence-corrected chi connectivity index (χ4v) is 11.5. The first-order valence-electron chi connectivity index (χ1n) is 13.6. The molecule has 9 atom stereocenters. The van der Waals surface area contributed by atoms with Crippen LogP contribution in [-0.2, 0) is 0 Å². The van der Waals surface area contributed by atoms with Crippen molar-refractivity contribution >= 4 is 0 Å². The van der Waals surface area contributed by atoms with Gasteiger partial charge in [0.15, 0.2) is 0 Å². The van der Waals surface area contributed by atoms with E-state index < -0.39 is 5.60 Å². The Balaban J connectivity index is 1.60. The van der Waals surface area contributed by atoms with Crippen molar-refractivity contribution in [2.75, 3.05) is 0 Å². The van der Waals surface area contributed by atoms with Crippen LogP contribution >= 0.6 is 0 Å². The Morgan fingerprint density at radius 3 is 2.16 bits per heavy atom. The monoisotopic (exact) mass is 426 g/mol. The van der Waals surface area contributed by atoms with Crippen molar-refractivity contribution in [3.63, 3.8) is 0 Å². The van der Waals surface area contributed by atoms with Crippen LogP contribution in [0, 0.1) is 50.7 Å². The summed E-state index contributed by atoms with van der Waals surface area (Å²) in [5.41, 5.74) is 2.12. The van der Waals surface area contributed by atoms with Gasteiger partial charge >= 0.3 is 0 Å². The number of hydrogen-bond acceptors (Lipinski definition) is 1. The van der Waals surface area contributed by atoms with Crippen LogP contribution in [0.5, 0.6) is 0 Å². The molecule has 31 heavy (non-hydrogen) atoms. The molecule has 0 aromatic carbocycles. The second kappa shape index (κ2) is 6.43. The first-order chi connectivity index (χ1) is 14.3. The maximum atomic E-state index is 12.9. The van der Waals surface area contributed by atoms with E-state index in [0.717, 1.165) is 18.3 Å². The second-order valence-corrected chi connectivity index (χ2v) is 14.8. The highest BCUT2D eigenvalue weighted by atomic mass is 16.3. The second-order valence-electron chi connectivity index (χ2n) is 14.8. The number of hydrogen-bond donors (Lipinski definition) is 1. The highest BCUT2D eigenvalue weighted by molar-refractivity contribution is 5.25. The first kappa shape index (κ1) is 22.5. The maximum Gasteiger partial charge on any atom is 0.0762 e. The van der Waals surface area contributed by atoms with E-state index in [1.165, 1.54) is 69.8 Å². The van der Waals surface area contributed by atoms with Crippen LogP contribution in [0.1, 0.15) is 119 Å². The summed E-state index contributed by atoms with van der Waals surface area (Å²) in [5, 5.41) is 12.9. The van der Waals surface area contributed by atoms with Gasteiger partial charge in [-0.25, -0.2) is 0 Å². The SMILES string of the molecule is C=C(C)[C@@H]1CC[C@]2(C)CC[C@]3(C)[C@H](CCC4(O)[C@@]5(C)CCCC(C)(C)[C@@H]5CC[C@]43C)[C@@H]12. The summed E-state index contributed by atoms with van der Waals surface area (Å²) in [6, 6.07) is 0. The summed E-state index contributed by atoms with van der Waals surface area (Å²) in [6.45, 7) is 22.0. The zero-order chi connectivity index (χ0) is 22.7. The van der Waals surface area contributed by atoms with Crippen LogP contribution < -0.4 is 0 Å². The molecule has 0 radical (unpaired) electrons. The van der Waals surface area contributed by atoms with Gasteiger partial charge in [0.2, 0.25) is 0 Å². The molecule has 1 unspecified atom stereocenters. The van der Waals surface area contributed by atoms with E-state index in [1.54, 1.807) is 0 Å². The third-order valence-electron chi connectivity index (χ3n) is 13.5. The van der Waals surface area contributed by atoms with Crippen LogP contribution in [0.3, 0.4) is 0 Å². The third-order valence-corrected chi connectivity index (χ3v) is 13.5. The van der Waals surface area contributed by atoms with Crippen molar-refractivity contribution in [2.45, 2.75) is 125 Å². The molecule has 1 N–H and O–H groups in total. The van der Waals surface area contributed by atoms with Gasteiger partial charge in [-0.15, -0.1) is 0 Å². The van der Waals surface area contributed by atoms with Crippen molar-refractivity contribution in [3.05, 3.63) is 12.2 Å². The minimum absolute atomic E-state index is 0.0329. The Hall–Kier alpha value is -0.300. The standard InChI is InChI=1S/C30H50O/c1-20(2)21-10-15-26(5)18-19-27(6)22(24(21)26)11-17-30(31)28(7)14-9-13-25(3,4)23(28)12-16-29(27,30)8/h21-24,31H,1,9-19H2,2-8H3/t21-,22+,23-,24+,26+,27+,28-,29-,30?/m0/s1. The lowest BCUT2D eigenvalue weighted by molar-refractivity contribution is -0.319. The van der Waals surface area contributed by atoms with Gasteiger partial charge in [-0.3, -0.25) is 0 Å². The average molecular weight is 427 g/mol. The summed E-state index contributed by atoms with van der Waals surface area (Å²) in [7, 11) is 0. The number of aliphatic hydroxyl groups is 1. The van der Waals surface area contributed by atoms with Gasteiger partial charge in [-0.2, -0.15) is 0 Å². The van der Waals surface area contributed by atoms with E-state index in [-0.39, 0.29) is 16.2 Å². The van der Waals surface area contributed by atoms with Crippen LogP contribution in [0.4, 0.5) is 0 Å². The molecule has 0 aromatic heterocycles. The zero-order valence-corrected chi connectivity index (χ0v) is 21.7. The van der Waals surface area contributed by atoms with E-state index in [1.807, 2.05) is 0 Å². The topological polar surface area (TPSA) is 20.2 Å². The molecular weight excluding hydrogens is 376 g/mol. The molecule has 5 aliphatic carbocycles. The molecule has 176 valence electrons. The predicted molar refractivity (Wildman–Crippen MR) is 131 cm³/mol. The smallest absolute Gasteiger partial charge is 0.0762 e. The third kappa shape index (κ3) is 2.49. The molecule has 0 amide bonds. The molecule has 1 nitrogen and oxygen atoms in total. The summed E-state index contributed by atoms with van der Waals surface area (Å²) >= 11 is 0. The minimum Gasteiger partial charge on any atom is -0.389 e. The van der Waals surface area contributed by atoms with Crippen molar-refractivity contribution in [1.82, 2.24) is 0 Å². The van der Waals surface area contributed by atoms with Crippen LogP contribution in [-0.4, -0.2) is 10.7 Å². The molecular formula is C30H50O. The number of allylic oxidation sites excluding steroid dienone is 1. The molecule has 5 fully saturated rings. The Morgan fingerprint density at radius 1 is 0.774 bits per heavy atom. The summed E-state index contributed by atoms with van der Waals surface area (Å²) in [6.07, 6.45) is 14.0. The molecule has 1 heteroatoms. The number of fused-ring (bicyclic) bond motifs is 7. The molecule has 5 saturated carbocycles. The fraction of sp³-hybridized carbons (Fsp3) is 0.933. The van der Waals surface area contributed by atoms with E-state index >= 15 is 0 Å². The molecule has 0 saturated heterocycles. The van der Waals surface area contributed by atoms with Crippen molar-refractivity contribution in [3.8, 4) is 0 Å².